The normalized spacial score (nSPS) is 10.4. The van der Waals surface area contributed by atoms with Crippen LogP contribution < -0.4 is 10.6 Å². The van der Waals surface area contributed by atoms with E-state index in [9.17, 15) is 14.0 Å². The molecule has 2 N–H and O–H groups in total. The van der Waals surface area contributed by atoms with Gasteiger partial charge < -0.3 is 5.32 Å². The number of carbonyl (C=O) groups excluding carboxylic acids is 2. The summed E-state index contributed by atoms with van der Waals surface area (Å²) in [6.07, 6.45) is 1.34. The Morgan fingerprint density at radius 1 is 1.04 bits per heavy atom. The summed E-state index contributed by atoms with van der Waals surface area (Å²) in [6.45, 7) is 1.91. The number of hydrogen-bond acceptors (Lipinski definition) is 4. The van der Waals surface area contributed by atoms with Crippen molar-refractivity contribution in [3.8, 4) is 0 Å². The molecule has 132 valence electrons. The highest BCUT2D eigenvalue weighted by Crippen LogP contribution is 2.09. The summed E-state index contributed by atoms with van der Waals surface area (Å²) in [5.41, 5.74) is 2.06. The second kappa shape index (κ2) is 7.56. The largest absolute Gasteiger partial charge is 0.324 e. The van der Waals surface area contributed by atoms with Gasteiger partial charge in [-0.3, -0.25) is 14.9 Å². The van der Waals surface area contributed by atoms with Gasteiger partial charge in [0.1, 0.15) is 18.7 Å². The van der Waals surface area contributed by atoms with Gasteiger partial charge in [0, 0.05) is 11.3 Å². The summed E-state index contributed by atoms with van der Waals surface area (Å²) in [4.78, 5) is 28.0. The third kappa shape index (κ3) is 4.50. The van der Waals surface area contributed by atoms with Crippen molar-refractivity contribution in [1.29, 1.82) is 0 Å². The van der Waals surface area contributed by atoms with Crippen molar-refractivity contribution in [3.63, 3.8) is 0 Å². The first-order valence-electron chi connectivity index (χ1n) is 7.82. The van der Waals surface area contributed by atoms with Crippen LogP contribution in [0.4, 0.5) is 16.0 Å². The highest BCUT2D eigenvalue weighted by atomic mass is 19.1. The first-order chi connectivity index (χ1) is 12.5. The Morgan fingerprint density at radius 2 is 1.73 bits per heavy atom. The van der Waals surface area contributed by atoms with Gasteiger partial charge in [0.25, 0.3) is 5.91 Å². The minimum absolute atomic E-state index is 0.0483. The van der Waals surface area contributed by atoms with Gasteiger partial charge >= 0.3 is 0 Å². The quantitative estimate of drug-likeness (QED) is 0.738. The lowest BCUT2D eigenvalue weighted by atomic mass is 10.2. The number of hydrogen-bond donors (Lipinski definition) is 2. The minimum atomic E-state index is -0.466. The van der Waals surface area contributed by atoms with Crippen molar-refractivity contribution in [3.05, 3.63) is 71.8 Å². The number of amides is 2. The van der Waals surface area contributed by atoms with Gasteiger partial charge in [-0.1, -0.05) is 17.7 Å². The standard InChI is InChI=1S/C18H16FN5O2/c1-12-2-8-15(9-3-12)21-16(25)10-24-11-20-18(23-24)22-17(26)13-4-6-14(19)7-5-13/h2-9,11H,10H2,1H3,(H,21,25)(H,22,23,26). The van der Waals surface area contributed by atoms with Crippen LogP contribution >= 0.6 is 0 Å². The fourth-order valence-electron chi connectivity index (χ4n) is 2.19. The summed E-state index contributed by atoms with van der Waals surface area (Å²) in [7, 11) is 0. The van der Waals surface area contributed by atoms with Gasteiger partial charge in [-0.15, -0.1) is 5.10 Å². The maximum Gasteiger partial charge on any atom is 0.258 e. The maximum absolute atomic E-state index is 12.9. The number of aromatic nitrogens is 3. The van der Waals surface area contributed by atoms with Crippen LogP contribution in [0.2, 0.25) is 0 Å². The molecule has 0 aliphatic carbocycles. The van der Waals surface area contributed by atoms with E-state index in [0.717, 1.165) is 5.56 Å². The molecule has 8 heteroatoms. The zero-order valence-corrected chi connectivity index (χ0v) is 13.9. The average Bonchev–Trinajstić information content (AvgIpc) is 3.04. The van der Waals surface area contributed by atoms with E-state index < -0.39 is 11.7 Å². The Bertz CT molecular complexity index is 920. The predicted octanol–water partition coefficient (Wildman–Crippen LogP) is 2.62. The molecule has 26 heavy (non-hydrogen) atoms. The van der Waals surface area contributed by atoms with E-state index in [2.05, 4.69) is 20.7 Å². The van der Waals surface area contributed by atoms with E-state index in [1.54, 1.807) is 0 Å². The molecule has 0 saturated carbocycles. The predicted molar refractivity (Wildman–Crippen MR) is 94.2 cm³/mol. The molecule has 1 aromatic heterocycles. The molecule has 0 radical (unpaired) electrons. The topological polar surface area (TPSA) is 88.9 Å². The Balaban J connectivity index is 1.57. The van der Waals surface area contributed by atoms with Gasteiger partial charge in [-0.2, -0.15) is 0 Å². The summed E-state index contributed by atoms with van der Waals surface area (Å²) in [5.74, 6) is -1.10. The highest BCUT2D eigenvalue weighted by molar-refractivity contribution is 6.03. The van der Waals surface area contributed by atoms with Crippen LogP contribution in [0, 0.1) is 12.7 Å². The van der Waals surface area contributed by atoms with Crippen molar-refractivity contribution in [2.24, 2.45) is 0 Å². The van der Waals surface area contributed by atoms with Gasteiger partial charge in [0.15, 0.2) is 0 Å². The Morgan fingerprint density at radius 3 is 2.42 bits per heavy atom. The number of nitrogens with one attached hydrogen (secondary N) is 2. The molecule has 2 amide bonds. The fourth-order valence-corrected chi connectivity index (χ4v) is 2.19. The second-order valence-electron chi connectivity index (χ2n) is 5.64. The molecular formula is C18H16FN5O2. The SMILES string of the molecule is Cc1ccc(NC(=O)Cn2cnc(NC(=O)c3ccc(F)cc3)n2)cc1. The highest BCUT2D eigenvalue weighted by Gasteiger charge is 2.11. The zero-order chi connectivity index (χ0) is 18.5. The number of halogens is 1. The fraction of sp³-hybridized carbons (Fsp3) is 0.111. The number of anilines is 2. The lowest BCUT2D eigenvalue weighted by Crippen LogP contribution is -2.19. The molecule has 0 saturated heterocycles. The van der Waals surface area contributed by atoms with E-state index >= 15 is 0 Å². The number of aryl methyl sites for hydroxylation is 1. The molecule has 3 rings (SSSR count). The third-order valence-corrected chi connectivity index (χ3v) is 3.51. The van der Waals surface area contributed by atoms with Gasteiger partial charge in [0.05, 0.1) is 0 Å². The molecule has 0 aliphatic heterocycles. The number of nitrogens with zero attached hydrogens (tertiary/aromatic N) is 3. The third-order valence-electron chi connectivity index (χ3n) is 3.51. The molecule has 1 heterocycles. The smallest absolute Gasteiger partial charge is 0.258 e. The molecule has 7 nitrogen and oxygen atoms in total. The van der Waals surface area contributed by atoms with Crippen LogP contribution in [-0.2, 0) is 11.3 Å². The Labute approximate surface area is 148 Å². The van der Waals surface area contributed by atoms with Crippen LogP contribution in [0.1, 0.15) is 15.9 Å². The number of benzene rings is 2. The molecule has 0 fully saturated rings. The minimum Gasteiger partial charge on any atom is -0.324 e. The molecule has 0 unspecified atom stereocenters. The van der Waals surface area contributed by atoms with Crippen LogP contribution in [0.25, 0.3) is 0 Å². The first kappa shape index (κ1) is 17.3. The summed E-state index contributed by atoms with van der Waals surface area (Å²) >= 11 is 0. The summed E-state index contributed by atoms with van der Waals surface area (Å²) in [6, 6.07) is 12.5. The number of rotatable bonds is 5. The van der Waals surface area contributed by atoms with E-state index in [4.69, 9.17) is 0 Å². The van der Waals surface area contributed by atoms with Crippen molar-refractivity contribution in [1.82, 2.24) is 14.8 Å². The van der Waals surface area contributed by atoms with Crippen molar-refractivity contribution in [2.75, 3.05) is 10.6 Å². The van der Waals surface area contributed by atoms with Gasteiger partial charge in [-0.25, -0.2) is 14.1 Å². The molecule has 3 aromatic rings. The van der Waals surface area contributed by atoms with Gasteiger partial charge in [-0.05, 0) is 43.3 Å². The van der Waals surface area contributed by atoms with Crippen molar-refractivity contribution >= 4 is 23.5 Å². The molecular weight excluding hydrogens is 337 g/mol. The van der Waals surface area contributed by atoms with Crippen LogP contribution in [0.15, 0.2) is 54.9 Å². The molecule has 2 aromatic carbocycles. The first-order valence-corrected chi connectivity index (χ1v) is 7.82. The van der Waals surface area contributed by atoms with Crippen LogP contribution in [0.3, 0.4) is 0 Å². The van der Waals surface area contributed by atoms with Crippen molar-refractivity contribution in [2.45, 2.75) is 13.5 Å². The zero-order valence-electron chi connectivity index (χ0n) is 13.9. The van der Waals surface area contributed by atoms with Crippen LogP contribution in [-0.4, -0.2) is 26.6 Å². The lowest BCUT2D eigenvalue weighted by molar-refractivity contribution is -0.116. The monoisotopic (exact) mass is 353 g/mol. The van der Waals surface area contributed by atoms with E-state index in [0.29, 0.717) is 5.69 Å². The van der Waals surface area contributed by atoms with Gasteiger partial charge in [0.2, 0.25) is 11.9 Å². The summed E-state index contributed by atoms with van der Waals surface area (Å²) < 4.78 is 14.2. The maximum atomic E-state index is 12.9. The second-order valence-corrected chi connectivity index (χ2v) is 5.64. The van der Waals surface area contributed by atoms with E-state index in [1.807, 2.05) is 31.2 Å². The molecule has 0 atom stereocenters. The summed E-state index contributed by atoms with van der Waals surface area (Å²) in [5, 5.41) is 9.27. The van der Waals surface area contributed by atoms with E-state index in [1.165, 1.54) is 35.3 Å². The Hall–Kier alpha value is -3.55. The molecule has 0 bridgehead atoms. The average molecular weight is 353 g/mol. The van der Waals surface area contributed by atoms with E-state index in [-0.39, 0.29) is 24.0 Å². The van der Waals surface area contributed by atoms with Crippen LogP contribution in [0.5, 0.6) is 0 Å². The van der Waals surface area contributed by atoms with Crippen molar-refractivity contribution < 1.29 is 14.0 Å². The molecule has 0 aliphatic rings. The lowest BCUT2D eigenvalue weighted by Gasteiger charge is -2.05. The number of carbonyl (C=O) groups is 2. The Kier molecular flexibility index (Phi) is 5.02. The molecule has 0 spiro atoms.